The van der Waals surface area contributed by atoms with E-state index in [2.05, 4.69) is 30.0 Å². The molecule has 1 aromatic carbocycles. The zero-order chi connectivity index (χ0) is 16.5. The van der Waals surface area contributed by atoms with Gasteiger partial charge < -0.3 is 9.88 Å². The van der Waals surface area contributed by atoms with Crippen molar-refractivity contribution in [2.45, 2.75) is 25.3 Å². The van der Waals surface area contributed by atoms with Crippen molar-refractivity contribution in [3.05, 3.63) is 46.8 Å². The number of benzene rings is 1. The van der Waals surface area contributed by atoms with E-state index in [9.17, 15) is 4.79 Å². The van der Waals surface area contributed by atoms with Crippen LogP contribution < -0.4 is 5.32 Å². The van der Waals surface area contributed by atoms with Gasteiger partial charge in [-0.15, -0.1) is 0 Å². The highest BCUT2D eigenvalue weighted by Crippen LogP contribution is 2.35. The number of rotatable bonds is 5. The Balaban J connectivity index is 1.42. The first kappa shape index (κ1) is 14.9. The Morgan fingerprint density at radius 3 is 2.92 bits per heavy atom. The molecule has 0 atom stereocenters. The van der Waals surface area contributed by atoms with Crippen LogP contribution in [0.15, 0.2) is 30.5 Å². The number of hydrogen-bond acceptors (Lipinski definition) is 5. The number of aromatic amines is 1. The monoisotopic (exact) mass is 340 g/mol. The molecule has 2 aromatic heterocycles. The molecule has 0 bridgehead atoms. The van der Waals surface area contributed by atoms with Gasteiger partial charge in [0.05, 0.1) is 17.2 Å². The molecule has 0 saturated heterocycles. The lowest BCUT2D eigenvalue weighted by molar-refractivity contribution is 0.0949. The van der Waals surface area contributed by atoms with Crippen LogP contribution in [0.1, 0.15) is 35.2 Å². The first-order valence-electron chi connectivity index (χ1n) is 7.88. The molecule has 1 aliphatic carbocycles. The highest BCUT2D eigenvalue weighted by Gasteiger charge is 2.27. The molecule has 0 spiro atoms. The number of nitrogens with zero attached hydrogens (tertiary/aromatic N) is 4. The average molecular weight is 340 g/mol. The first-order valence-corrected chi connectivity index (χ1v) is 8.29. The fourth-order valence-corrected chi connectivity index (χ4v) is 2.97. The Morgan fingerprint density at radius 2 is 2.12 bits per heavy atom. The summed E-state index contributed by atoms with van der Waals surface area (Å²) in [6, 6.07) is 7.94. The van der Waals surface area contributed by atoms with Crippen molar-refractivity contribution in [3.63, 3.8) is 0 Å². The lowest BCUT2D eigenvalue weighted by atomic mass is 10.3. The van der Waals surface area contributed by atoms with Crippen molar-refractivity contribution in [2.24, 2.45) is 0 Å². The highest BCUT2D eigenvalue weighted by molar-refractivity contribution is 7.71. The summed E-state index contributed by atoms with van der Waals surface area (Å²) < 4.78 is 2.70. The smallest absolute Gasteiger partial charge is 0.271 e. The summed E-state index contributed by atoms with van der Waals surface area (Å²) in [6.07, 6.45) is 4.40. The van der Waals surface area contributed by atoms with E-state index in [1.807, 2.05) is 24.3 Å². The number of aromatic nitrogens is 5. The van der Waals surface area contributed by atoms with E-state index < -0.39 is 0 Å². The van der Waals surface area contributed by atoms with Crippen LogP contribution in [0.3, 0.4) is 0 Å². The maximum Gasteiger partial charge on any atom is 0.271 e. The molecule has 1 aliphatic rings. The summed E-state index contributed by atoms with van der Waals surface area (Å²) in [5.74, 6) is 0.646. The number of hydrogen-bond donors (Lipinski definition) is 2. The molecule has 3 aromatic rings. The predicted molar refractivity (Wildman–Crippen MR) is 91.3 cm³/mol. The summed E-state index contributed by atoms with van der Waals surface area (Å²) in [4.78, 5) is 20.8. The van der Waals surface area contributed by atoms with Crippen molar-refractivity contribution < 1.29 is 4.79 Å². The third-order valence-electron chi connectivity index (χ3n) is 4.00. The Hall–Kier alpha value is -2.61. The molecule has 1 saturated carbocycles. The molecular weight excluding hydrogens is 324 g/mol. The second-order valence-electron chi connectivity index (χ2n) is 5.80. The number of para-hydroxylation sites is 2. The molecule has 1 fully saturated rings. The summed E-state index contributed by atoms with van der Waals surface area (Å²) in [6.45, 7) is 0.472. The molecule has 4 rings (SSSR count). The Kier molecular flexibility index (Phi) is 3.81. The molecule has 0 aliphatic heterocycles. The molecule has 2 N–H and O–H groups in total. The fraction of sp³-hybridized carbons (Fsp3) is 0.312. The van der Waals surface area contributed by atoms with Gasteiger partial charge in [-0.1, -0.05) is 12.1 Å². The molecule has 8 heteroatoms. The Morgan fingerprint density at radius 1 is 1.33 bits per heavy atom. The molecule has 0 unspecified atom stereocenters. The van der Waals surface area contributed by atoms with Crippen LogP contribution in [0.5, 0.6) is 0 Å². The predicted octanol–water partition coefficient (Wildman–Crippen LogP) is 2.19. The van der Waals surface area contributed by atoms with Gasteiger partial charge in [-0.2, -0.15) is 5.10 Å². The number of carbonyl (C=O) groups is 1. The molecular formula is C16H16N6OS. The molecule has 7 nitrogen and oxygen atoms in total. The third-order valence-corrected chi connectivity index (χ3v) is 4.29. The maximum atomic E-state index is 12.2. The van der Waals surface area contributed by atoms with E-state index in [0.717, 1.165) is 24.2 Å². The molecule has 2 heterocycles. The van der Waals surface area contributed by atoms with Gasteiger partial charge in [0.15, 0.2) is 4.77 Å². The minimum Gasteiger partial charge on any atom is -0.350 e. The average Bonchev–Trinajstić information content (AvgIpc) is 3.37. The van der Waals surface area contributed by atoms with Gasteiger partial charge in [-0.05, 0) is 37.2 Å². The van der Waals surface area contributed by atoms with Gasteiger partial charge in [0.2, 0.25) is 0 Å². The van der Waals surface area contributed by atoms with E-state index in [4.69, 9.17) is 12.2 Å². The topological polar surface area (TPSA) is 88.5 Å². The fourth-order valence-electron chi connectivity index (χ4n) is 2.67. The molecule has 0 radical (unpaired) electrons. The lowest BCUT2D eigenvalue weighted by Gasteiger charge is -2.07. The quantitative estimate of drug-likeness (QED) is 0.695. The van der Waals surface area contributed by atoms with Crippen LogP contribution >= 0.6 is 12.2 Å². The normalized spacial score (nSPS) is 14.0. The Labute approximate surface area is 143 Å². The zero-order valence-corrected chi connectivity index (χ0v) is 13.7. The summed E-state index contributed by atoms with van der Waals surface area (Å²) in [5, 5.41) is 9.95. The lowest BCUT2D eigenvalue weighted by Crippen LogP contribution is -2.27. The van der Waals surface area contributed by atoms with Crippen LogP contribution in [-0.2, 0) is 6.42 Å². The Bertz CT molecular complexity index is 958. The van der Waals surface area contributed by atoms with E-state index >= 15 is 0 Å². The van der Waals surface area contributed by atoms with Gasteiger partial charge in [-0.3, -0.25) is 14.9 Å². The summed E-state index contributed by atoms with van der Waals surface area (Å²) >= 11 is 5.25. The number of H-pyrrole nitrogens is 1. The minimum atomic E-state index is -0.236. The van der Waals surface area contributed by atoms with Crippen LogP contribution in [0.4, 0.5) is 0 Å². The maximum absolute atomic E-state index is 12.2. The van der Waals surface area contributed by atoms with Crippen molar-refractivity contribution >= 4 is 29.2 Å². The third kappa shape index (κ3) is 2.92. The van der Waals surface area contributed by atoms with E-state index in [1.165, 1.54) is 6.20 Å². The van der Waals surface area contributed by atoms with E-state index in [-0.39, 0.29) is 5.91 Å². The second kappa shape index (κ2) is 6.12. The van der Waals surface area contributed by atoms with Crippen molar-refractivity contribution in [1.29, 1.82) is 0 Å². The zero-order valence-electron chi connectivity index (χ0n) is 12.9. The van der Waals surface area contributed by atoms with Crippen LogP contribution in [0.25, 0.3) is 11.0 Å². The standard InChI is InChI=1S/C16H16N6OS/c23-15(13-9-18-11-3-1-2-4-12(11)19-13)17-8-7-14-20-21-16(24)22(14)10-5-6-10/h1-4,9-10H,5-8H2,(H,17,23)(H,21,24). The van der Waals surface area contributed by atoms with Crippen molar-refractivity contribution in [2.75, 3.05) is 6.54 Å². The van der Waals surface area contributed by atoms with E-state index in [1.54, 1.807) is 0 Å². The van der Waals surface area contributed by atoms with Gasteiger partial charge in [0, 0.05) is 19.0 Å². The van der Waals surface area contributed by atoms with Crippen LogP contribution in [0.2, 0.25) is 0 Å². The van der Waals surface area contributed by atoms with Gasteiger partial charge >= 0.3 is 0 Å². The first-order chi connectivity index (χ1) is 11.7. The van der Waals surface area contributed by atoms with Crippen LogP contribution in [-0.4, -0.2) is 37.2 Å². The summed E-state index contributed by atoms with van der Waals surface area (Å²) in [7, 11) is 0. The van der Waals surface area contributed by atoms with Crippen molar-refractivity contribution in [3.8, 4) is 0 Å². The number of amides is 1. The molecule has 24 heavy (non-hydrogen) atoms. The van der Waals surface area contributed by atoms with Crippen molar-refractivity contribution in [1.82, 2.24) is 30.0 Å². The number of nitrogens with one attached hydrogen (secondary N) is 2. The summed E-state index contributed by atoms with van der Waals surface area (Å²) in [5.41, 5.74) is 1.79. The van der Waals surface area contributed by atoms with Gasteiger partial charge in [-0.25, -0.2) is 4.98 Å². The second-order valence-corrected chi connectivity index (χ2v) is 6.18. The van der Waals surface area contributed by atoms with E-state index in [0.29, 0.717) is 35.0 Å². The molecule has 122 valence electrons. The van der Waals surface area contributed by atoms with Gasteiger partial charge in [0.1, 0.15) is 11.5 Å². The highest BCUT2D eigenvalue weighted by atomic mass is 32.1. The van der Waals surface area contributed by atoms with Gasteiger partial charge in [0.25, 0.3) is 5.91 Å². The largest absolute Gasteiger partial charge is 0.350 e. The number of carbonyl (C=O) groups excluding carboxylic acids is 1. The SMILES string of the molecule is O=C(NCCc1n[nH]c(=S)n1C1CC1)c1cnc2ccccc2n1. The number of fused-ring (bicyclic) bond motifs is 1. The minimum absolute atomic E-state index is 0.236. The van der Waals surface area contributed by atoms with Crippen LogP contribution in [0, 0.1) is 4.77 Å². The molecule has 1 amide bonds.